The number of hydrogen-bond donors (Lipinski definition) is 0. The van der Waals surface area contributed by atoms with Crippen molar-refractivity contribution in [1.29, 1.82) is 0 Å². The molecule has 4 nitrogen and oxygen atoms in total. The highest BCUT2D eigenvalue weighted by molar-refractivity contribution is 5.81. The van der Waals surface area contributed by atoms with Gasteiger partial charge in [0, 0.05) is 11.3 Å². The summed E-state index contributed by atoms with van der Waals surface area (Å²) in [6.07, 6.45) is 3.57. The SMILES string of the molecule is COc1ccc(-n2cnc3cnc(-c4ccc(F)cc4C)cc32)cc1C(C)C. The molecule has 0 saturated heterocycles. The Kier molecular flexibility index (Phi) is 4.59. The average Bonchev–Trinajstić information content (AvgIpc) is 3.10. The summed E-state index contributed by atoms with van der Waals surface area (Å²) in [5, 5.41) is 0. The van der Waals surface area contributed by atoms with Crippen LogP contribution in [0.15, 0.2) is 55.0 Å². The van der Waals surface area contributed by atoms with Gasteiger partial charge < -0.3 is 4.74 Å². The Morgan fingerprint density at radius 1 is 1.04 bits per heavy atom. The van der Waals surface area contributed by atoms with E-state index in [0.717, 1.165) is 44.9 Å². The molecular formula is C23H22FN3O. The summed E-state index contributed by atoms with van der Waals surface area (Å²) in [6.45, 7) is 6.18. The van der Waals surface area contributed by atoms with E-state index in [1.54, 1.807) is 25.7 Å². The van der Waals surface area contributed by atoms with Crippen LogP contribution >= 0.6 is 0 Å². The largest absolute Gasteiger partial charge is 0.496 e. The molecule has 0 spiro atoms. The maximum Gasteiger partial charge on any atom is 0.123 e. The summed E-state index contributed by atoms with van der Waals surface area (Å²) in [6, 6.07) is 12.9. The van der Waals surface area contributed by atoms with Crippen LogP contribution < -0.4 is 4.74 Å². The molecule has 4 rings (SSSR count). The highest BCUT2D eigenvalue weighted by Crippen LogP contribution is 2.31. The second-order valence-electron chi connectivity index (χ2n) is 7.21. The lowest BCUT2D eigenvalue weighted by atomic mass is 10.0. The van der Waals surface area contributed by atoms with Gasteiger partial charge in [0.05, 0.1) is 24.5 Å². The number of imidazole rings is 1. The molecule has 0 amide bonds. The lowest BCUT2D eigenvalue weighted by molar-refractivity contribution is 0.407. The van der Waals surface area contributed by atoms with E-state index in [1.165, 1.54) is 12.1 Å². The normalized spacial score (nSPS) is 11.4. The van der Waals surface area contributed by atoms with Gasteiger partial charge in [-0.25, -0.2) is 9.37 Å². The van der Waals surface area contributed by atoms with E-state index >= 15 is 0 Å². The Hall–Kier alpha value is -3.21. The van der Waals surface area contributed by atoms with Gasteiger partial charge in [0.15, 0.2) is 0 Å². The fourth-order valence-corrected chi connectivity index (χ4v) is 3.50. The van der Waals surface area contributed by atoms with Crippen molar-refractivity contribution in [2.45, 2.75) is 26.7 Å². The summed E-state index contributed by atoms with van der Waals surface area (Å²) in [5.41, 5.74) is 6.48. The zero-order chi connectivity index (χ0) is 19.8. The van der Waals surface area contributed by atoms with Crippen LogP contribution in [0.25, 0.3) is 28.0 Å². The molecule has 0 fully saturated rings. The van der Waals surface area contributed by atoms with Crippen molar-refractivity contribution in [2.24, 2.45) is 0 Å². The van der Waals surface area contributed by atoms with Crippen molar-refractivity contribution in [2.75, 3.05) is 7.11 Å². The number of rotatable bonds is 4. The molecule has 0 aliphatic carbocycles. The highest BCUT2D eigenvalue weighted by Gasteiger charge is 2.13. The molecule has 2 aromatic carbocycles. The van der Waals surface area contributed by atoms with Crippen molar-refractivity contribution in [1.82, 2.24) is 14.5 Å². The van der Waals surface area contributed by atoms with Crippen LogP contribution in [0.4, 0.5) is 4.39 Å². The van der Waals surface area contributed by atoms with Crippen LogP contribution in [0.2, 0.25) is 0 Å². The van der Waals surface area contributed by atoms with Gasteiger partial charge in [-0.3, -0.25) is 9.55 Å². The Labute approximate surface area is 163 Å². The van der Waals surface area contributed by atoms with E-state index in [2.05, 4.69) is 29.9 Å². The van der Waals surface area contributed by atoms with E-state index in [-0.39, 0.29) is 5.82 Å². The van der Waals surface area contributed by atoms with Gasteiger partial charge in [0.1, 0.15) is 23.4 Å². The molecule has 0 unspecified atom stereocenters. The van der Waals surface area contributed by atoms with Gasteiger partial charge in [-0.15, -0.1) is 0 Å². The molecule has 0 saturated carbocycles. The number of hydrogen-bond acceptors (Lipinski definition) is 3. The lowest BCUT2D eigenvalue weighted by Crippen LogP contribution is -1.99. The maximum absolute atomic E-state index is 13.5. The number of benzene rings is 2. The number of aromatic nitrogens is 3. The average molecular weight is 375 g/mol. The van der Waals surface area contributed by atoms with Gasteiger partial charge in [-0.2, -0.15) is 0 Å². The molecule has 0 radical (unpaired) electrons. The van der Waals surface area contributed by atoms with Gasteiger partial charge in [0.2, 0.25) is 0 Å². The Morgan fingerprint density at radius 2 is 1.86 bits per heavy atom. The highest BCUT2D eigenvalue weighted by atomic mass is 19.1. The van der Waals surface area contributed by atoms with Crippen LogP contribution in [0.5, 0.6) is 5.75 Å². The fraction of sp³-hybridized carbons (Fsp3) is 0.217. The molecule has 4 aromatic rings. The minimum Gasteiger partial charge on any atom is -0.496 e. The predicted octanol–water partition coefficient (Wildman–Crippen LogP) is 5.67. The van der Waals surface area contributed by atoms with Crippen LogP contribution in [0.1, 0.15) is 30.9 Å². The van der Waals surface area contributed by atoms with Gasteiger partial charge in [-0.05, 0) is 66.4 Å². The summed E-state index contributed by atoms with van der Waals surface area (Å²) in [5.74, 6) is 0.975. The smallest absolute Gasteiger partial charge is 0.123 e. The third-order valence-electron chi connectivity index (χ3n) is 5.01. The molecule has 2 heterocycles. The number of methoxy groups -OCH3 is 1. The van der Waals surface area contributed by atoms with Crippen molar-refractivity contribution >= 4 is 11.0 Å². The van der Waals surface area contributed by atoms with Crippen LogP contribution in [-0.2, 0) is 0 Å². The first kappa shape index (κ1) is 18.2. The fourth-order valence-electron chi connectivity index (χ4n) is 3.50. The first-order chi connectivity index (χ1) is 13.5. The van der Waals surface area contributed by atoms with E-state index in [1.807, 2.05) is 29.7 Å². The van der Waals surface area contributed by atoms with E-state index in [0.29, 0.717) is 5.92 Å². The molecule has 0 aliphatic rings. The first-order valence-corrected chi connectivity index (χ1v) is 9.26. The maximum atomic E-state index is 13.5. The monoisotopic (exact) mass is 375 g/mol. The Balaban J connectivity index is 1.86. The van der Waals surface area contributed by atoms with E-state index in [4.69, 9.17) is 4.74 Å². The molecule has 0 N–H and O–H groups in total. The summed E-state index contributed by atoms with van der Waals surface area (Å²) in [7, 11) is 1.69. The quantitative estimate of drug-likeness (QED) is 0.462. The molecule has 0 aliphatic heterocycles. The van der Waals surface area contributed by atoms with Crippen molar-refractivity contribution in [3.05, 3.63) is 71.9 Å². The molecule has 2 aromatic heterocycles. The number of pyridine rings is 1. The molecular weight excluding hydrogens is 353 g/mol. The van der Waals surface area contributed by atoms with Crippen LogP contribution in [0.3, 0.4) is 0 Å². The predicted molar refractivity (Wildman–Crippen MR) is 110 cm³/mol. The van der Waals surface area contributed by atoms with Crippen LogP contribution in [-0.4, -0.2) is 21.6 Å². The van der Waals surface area contributed by atoms with Crippen LogP contribution in [0, 0.1) is 12.7 Å². The summed E-state index contributed by atoms with van der Waals surface area (Å²) in [4.78, 5) is 9.02. The third-order valence-corrected chi connectivity index (χ3v) is 5.01. The second kappa shape index (κ2) is 7.08. The molecule has 28 heavy (non-hydrogen) atoms. The van der Waals surface area contributed by atoms with E-state index < -0.39 is 0 Å². The molecule has 0 atom stereocenters. The van der Waals surface area contributed by atoms with Gasteiger partial charge in [0.25, 0.3) is 0 Å². The lowest BCUT2D eigenvalue weighted by Gasteiger charge is -2.14. The summed E-state index contributed by atoms with van der Waals surface area (Å²) < 4.78 is 21.0. The topological polar surface area (TPSA) is 39.9 Å². The molecule has 142 valence electrons. The van der Waals surface area contributed by atoms with Gasteiger partial charge >= 0.3 is 0 Å². The second-order valence-corrected chi connectivity index (χ2v) is 7.21. The standard InChI is InChI=1S/C23H22FN3O/c1-14(2)19-10-17(6-8-23(19)28-4)27-13-26-21-12-25-20(11-22(21)27)18-7-5-16(24)9-15(18)3/h5-14H,1-4H3. The van der Waals surface area contributed by atoms with Crippen molar-refractivity contribution < 1.29 is 9.13 Å². The molecule has 5 heteroatoms. The van der Waals surface area contributed by atoms with Gasteiger partial charge in [-0.1, -0.05) is 13.8 Å². The van der Waals surface area contributed by atoms with E-state index in [9.17, 15) is 4.39 Å². The number of halogens is 1. The minimum absolute atomic E-state index is 0.244. The van der Waals surface area contributed by atoms with Crippen molar-refractivity contribution in [3.8, 4) is 22.7 Å². The first-order valence-electron chi connectivity index (χ1n) is 9.26. The zero-order valence-electron chi connectivity index (χ0n) is 16.4. The minimum atomic E-state index is -0.244. The Bertz CT molecular complexity index is 1160. The zero-order valence-corrected chi connectivity index (χ0v) is 16.4. The third kappa shape index (κ3) is 3.13. The summed E-state index contributed by atoms with van der Waals surface area (Å²) >= 11 is 0. The molecule has 0 bridgehead atoms. The number of fused-ring (bicyclic) bond motifs is 1. The number of aryl methyl sites for hydroxylation is 1. The Morgan fingerprint density at radius 3 is 2.57 bits per heavy atom. The number of ether oxygens (including phenoxy) is 1. The number of nitrogens with zero attached hydrogens (tertiary/aromatic N) is 3. The van der Waals surface area contributed by atoms with Crippen molar-refractivity contribution in [3.63, 3.8) is 0 Å².